The minimum absolute atomic E-state index is 0.203. The minimum Gasteiger partial charge on any atom is -0.462 e. The van der Waals surface area contributed by atoms with E-state index in [9.17, 15) is 19.6 Å². The first-order valence-electron chi connectivity index (χ1n) is 12.8. The number of nitrogens with one attached hydrogen (secondary N) is 1. The first-order valence-corrected chi connectivity index (χ1v) is 14.4. The van der Waals surface area contributed by atoms with Crippen LogP contribution in [0.5, 0.6) is 5.75 Å². The molecule has 0 aliphatic carbocycles. The number of carbonyl (C=O) groups excluding carboxylic acids is 1. The van der Waals surface area contributed by atoms with Crippen LogP contribution in [0, 0.1) is 0 Å². The number of aliphatic hydroxyl groups is 2. The maximum Gasteiger partial charge on any atom is 0.459 e. The summed E-state index contributed by atoms with van der Waals surface area (Å²) in [6.07, 6.45) is -3.50. The van der Waals surface area contributed by atoms with Crippen molar-refractivity contribution in [1.82, 2.24) is 9.99 Å². The van der Waals surface area contributed by atoms with Gasteiger partial charge in [-0.2, -0.15) is 5.09 Å². The second-order valence-corrected chi connectivity index (χ2v) is 11.5. The summed E-state index contributed by atoms with van der Waals surface area (Å²) in [4.78, 5) is 18.0. The lowest BCUT2D eigenvalue weighted by atomic mass is 10.1. The molecule has 7 atom stereocenters. The van der Waals surface area contributed by atoms with Crippen molar-refractivity contribution in [2.24, 2.45) is 10.7 Å². The molecule has 1 fully saturated rings. The Morgan fingerprint density at radius 3 is 2.55 bits per heavy atom. The van der Waals surface area contributed by atoms with Gasteiger partial charge in [-0.25, -0.2) is 9.56 Å². The van der Waals surface area contributed by atoms with Crippen LogP contribution in [0.1, 0.15) is 27.7 Å². The largest absolute Gasteiger partial charge is 0.462 e. The molecule has 2 aliphatic heterocycles. The molecule has 0 bridgehead atoms. The average Bonchev–Trinajstić information content (AvgIpc) is 3.18. The van der Waals surface area contributed by atoms with Crippen LogP contribution in [0.4, 0.5) is 0 Å². The molecule has 216 valence electrons. The normalized spacial score (nSPS) is 25.9. The SMILES string of the molecule is C=C1N=C(N)C=CN1[C@@H]1O[C@H](C(C)OP(=O)(NC(C)C(=O)OC(C)C)Oc2cccc3ccccc23)C(O)C1O. The number of benzene rings is 2. The molecule has 0 radical (unpaired) electrons. The Kier molecular flexibility index (Phi) is 8.99. The Hall–Kier alpha value is -3.25. The van der Waals surface area contributed by atoms with Crippen LogP contribution in [0.15, 0.2) is 72.1 Å². The number of hydrogen-bond donors (Lipinski definition) is 4. The fourth-order valence-corrected chi connectivity index (χ4v) is 6.12. The number of fused-ring (bicyclic) bond motifs is 1. The lowest BCUT2D eigenvalue weighted by Crippen LogP contribution is -2.42. The van der Waals surface area contributed by atoms with Gasteiger partial charge in [0.25, 0.3) is 0 Å². The molecule has 12 nitrogen and oxygen atoms in total. The summed E-state index contributed by atoms with van der Waals surface area (Å²) in [5.74, 6) is 0.0252. The number of nitrogens with zero attached hydrogens (tertiary/aromatic N) is 2. The quantitative estimate of drug-likeness (QED) is 0.244. The predicted molar refractivity (Wildman–Crippen MR) is 149 cm³/mol. The first-order chi connectivity index (χ1) is 18.9. The number of ether oxygens (including phenoxy) is 2. The van der Waals surface area contributed by atoms with Crippen LogP contribution >= 0.6 is 7.75 Å². The van der Waals surface area contributed by atoms with Crippen molar-refractivity contribution in [2.45, 2.75) is 70.5 Å². The van der Waals surface area contributed by atoms with Crippen molar-refractivity contribution in [3.63, 3.8) is 0 Å². The predicted octanol–water partition coefficient (Wildman–Crippen LogP) is 2.77. The van der Waals surface area contributed by atoms with Crippen molar-refractivity contribution in [3.8, 4) is 5.75 Å². The van der Waals surface area contributed by atoms with Gasteiger partial charge in [-0.1, -0.05) is 43.0 Å². The molecule has 2 aliphatic rings. The summed E-state index contributed by atoms with van der Waals surface area (Å²) in [6, 6.07) is 11.5. The third-order valence-electron chi connectivity index (χ3n) is 6.30. The zero-order valence-electron chi connectivity index (χ0n) is 22.7. The maximum absolute atomic E-state index is 14.2. The molecule has 0 spiro atoms. The van der Waals surface area contributed by atoms with E-state index in [1.807, 2.05) is 24.3 Å². The van der Waals surface area contributed by atoms with E-state index >= 15 is 0 Å². The van der Waals surface area contributed by atoms with Crippen molar-refractivity contribution in [1.29, 1.82) is 0 Å². The summed E-state index contributed by atoms with van der Waals surface area (Å²) in [5.41, 5.74) is 5.70. The number of aliphatic imine (C=N–C) groups is 1. The molecule has 1 saturated heterocycles. The molecule has 2 aromatic rings. The molecular weight excluding hydrogens is 539 g/mol. The molecular formula is C27H35N4O8P. The van der Waals surface area contributed by atoms with E-state index in [1.165, 1.54) is 31.0 Å². The van der Waals surface area contributed by atoms with Gasteiger partial charge < -0.3 is 34.8 Å². The van der Waals surface area contributed by atoms with E-state index < -0.39 is 56.5 Å². The van der Waals surface area contributed by atoms with Crippen LogP contribution in [0.3, 0.4) is 0 Å². The minimum atomic E-state index is -4.33. The Bertz CT molecular complexity index is 1360. The molecule has 4 rings (SSSR count). The lowest BCUT2D eigenvalue weighted by molar-refractivity contribution is -0.149. The van der Waals surface area contributed by atoms with Crippen molar-refractivity contribution >= 4 is 30.3 Å². The Morgan fingerprint density at radius 1 is 1.15 bits per heavy atom. The van der Waals surface area contributed by atoms with Crippen molar-refractivity contribution < 1.29 is 38.1 Å². The summed E-state index contributed by atoms with van der Waals surface area (Å²) in [5, 5.41) is 25.8. The van der Waals surface area contributed by atoms with Gasteiger partial charge in [-0.3, -0.25) is 9.32 Å². The molecule has 2 aromatic carbocycles. The summed E-state index contributed by atoms with van der Waals surface area (Å²) < 4.78 is 37.3. The molecule has 0 saturated carbocycles. The van der Waals surface area contributed by atoms with Gasteiger partial charge in [-0.05, 0) is 45.2 Å². The van der Waals surface area contributed by atoms with Gasteiger partial charge in [0.05, 0.1) is 12.2 Å². The van der Waals surface area contributed by atoms with E-state index in [-0.39, 0.29) is 17.4 Å². The molecule has 40 heavy (non-hydrogen) atoms. The van der Waals surface area contributed by atoms with Crippen LogP contribution in [-0.2, 0) is 23.4 Å². The first kappa shape index (κ1) is 29.7. The van der Waals surface area contributed by atoms with Crippen LogP contribution in [-0.4, -0.2) is 69.7 Å². The van der Waals surface area contributed by atoms with E-state index in [0.717, 1.165) is 5.39 Å². The monoisotopic (exact) mass is 574 g/mol. The zero-order chi connectivity index (χ0) is 29.2. The van der Waals surface area contributed by atoms with Gasteiger partial charge in [0.1, 0.15) is 41.8 Å². The average molecular weight is 575 g/mol. The Labute approximate surface area is 232 Å². The fraction of sp³-hybridized carbons (Fsp3) is 0.407. The third-order valence-corrected chi connectivity index (χ3v) is 8.06. The molecule has 13 heteroatoms. The summed E-state index contributed by atoms with van der Waals surface area (Å²) in [6.45, 7) is 10.2. The van der Waals surface area contributed by atoms with E-state index in [2.05, 4.69) is 16.7 Å². The van der Waals surface area contributed by atoms with Gasteiger partial charge in [0, 0.05) is 11.6 Å². The topological polar surface area (TPSA) is 165 Å². The molecule has 0 amide bonds. The maximum atomic E-state index is 14.2. The van der Waals surface area contributed by atoms with E-state index in [1.54, 1.807) is 32.0 Å². The van der Waals surface area contributed by atoms with Gasteiger partial charge >= 0.3 is 13.7 Å². The van der Waals surface area contributed by atoms with Gasteiger partial charge in [-0.15, -0.1) is 0 Å². The van der Waals surface area contributed by atoms with Crippen molar-refractivity contribution in [2.75, 3.05) is 0 Å². The van der Waals surface area contributed by atoms with E-state index in [4.69, 9.17) is 24.3 Å². The number of carbonyl (C=O) groups is 1. The second kappa shape index (κ2) is 12.1. The third kappa shape index (κ3) is 6.55. The summed E-state index contributed by atoms with van der Waals surface area (Å²) in [7, 11) is -4.33. The highest BCUT2D eigenvalue weighted by Crippen LogP contribution is 2.49. The highest BCUT2D eigenvalue weighted by Gasteiger charge is 2.50. The van der Waals surface area contributed by atoms with Crippen LogP contribution in [0.25, 0.3) is 10.8 Å². The summed E-state index contributed by atoms with van der Waals surface area (Å²) >= 11 is 0. The van der Waals surface area contributed by atoms with Crippen molar-refractivity contribution in [3.05, 3.63) is 67.1 Å². The zero-order valence-corrected chi connectivity index (χ0v) is 23.6. The van der Waals surface area contributed by atoms with Gasteiger partial charge in [0.15, 0.2) is 6.23 Å². The molecule has 5 N–H and O–H groups in total. The number of aliphatic hydroxyl groups excluding tert-OH is 2. The highest BCUT2D eigenvalue weighted by atomic mass is 31.2. The number of esters is 1. The number of hydrogen-bond acceptors (Lipinski definition) is 11. The molecule has 2 heterocycles. The highest BCUT2D eigenvalue weighted by molar-refractivity contribution is 7.52. The number of amidine groups is 1. The van der Waals surface area contributed by atoms with Crippen LogP contribution < -0.4 is 15.3 Å². The number of rotatable bonds is 10. The Morgan fingerprint density at radius 2 is 1.85 bits per heavy atom. The van der Waals surface area contributed by atoms with E-state index in [0.29, 0.717) is 5.39 Å². The number of nitrogens with two attached hydrogens (primary N) is 1. The van der Waals surface area contributed by atoms with Gasteiger partial charge in [0.2, 0.25) is 0 Å². The second-order valence-electron chi connectivity index (χ2n) is 9.86. The molecule has 0 aromatic heterocycles. The smallest absolute Gasteiger partial charge is 0.459 e. The lowest BCUT2D eigenvalue weighted by Gasteiger charge is -2.31. The molecule has 5 unspecified atom stereocenters. The fourth-order valence-electron chi connectivity index (χ4n) is 4.41. The van der Waals surface area contributed by atoms with Crippen LogP contribution in [0.2, 0.25) is 0 Å². The Balaban J connectivity index is 1.58. The standard InChI is InChI=1S/C27H35N4O8P/c1-15(2)36-27(34)16(3)30-40(35,39-21-12-8-10-19-9-6-7-11-20(19)21)38-17(4)25-23(32)24(33)26(37-25)31-14-13-22(28)29-18(31)5/h6-17,23-26,32-33H,5H2,1-4H3,(H2,28,29)(H,30,35)/t16?,17?,23?,24?,25-,26-,40?/m1/s1.